The van der Waals surface area contributed by atoms with Crippen molar-refractivity contribution in [2.45, 2.75) is 89.4 Å². The fourth-order valence-electron chi connectivity index (χ4n) is 8.50. The molecule has 5 N–H and O–H groups in total. The van der Waals surface area contributed by atoms with Crippen LogP contribution in [0.3, 0.4) is 0 Å². The number of nitrogens with one attached hydrogen (secondary N) is 4. The van der Waals surface area contributed by atoms with Gasteiger partial charge in [0, 0.05) is 29.8 Å². The molecule has 0 aliphatic carbocycles. The number of aromatic hydroxyl groups is 1. The summed E-state index contributed by atoms with van der Waals surface area (Å²) < 4.78 is 110. The number of aromatic amines is 1. The number of hydrogen-bond donors (Lipinski definition) is 5. The van der Waals surface area contributed by atoms with E-state index in [4.69, 9.17) is 4.74 Å². The van der Waals surface area contributed by atoms with Crippen LogP contribution in [0.2, 0.25) is 0 Å². The number of hydrogen-bond acceptors (Lipinski definition) is 13. The number of sulfonamides is 3. The first-order valence-electron chi connectivity index (χ1n) is 21.6. The summed E-state index contributed by atoms with van der Waals surface area (Å²) in [5.41, 5.74) is 2.66. The van der Waals surface area contributed by atoms with Crippen molar-refractivity contribution in [3.63, 3.8) is 0 Å². The molecular weight excluding hydrogens is 936 g/mol. The highest BCUT2D eigenvalue weighted by Gasteiger charge is 2.32. The normalized spacial score (nSPS) is 14.5. The number of ether oxygens (including phenoxy) is 1. The van der Waals surface area contributed by atoms with Crippen molar-refractivity contribution in [1.82, 2.24) is 19.8 Å². The number of anilines is 4. The second-order valence-corrected chi connectivity index (χ2v) is 24.9. The molecule has 1 saturated heterocycles. The van der Waals surface area contributed by atoms with Crippen LogP contribution >= 0.6 is 0 Å². The van der Waals surface area contributed by atoms with Gasteiger partial charge in [0.05, 0.1) is 47.1 Å². The van der Waals surface area contributed by atoms with Crippen LogP contribution in [-0.4, -0.2) is 82.7 Å². The molecule has 7 rings (SSSR count). The molecule has 0 spiro atoms. The van der Waals surface area contributed by atoms with E-state index in [-0.39, 0.29) is 49.9 Å². The van der Waals surface area contributed by atoms with Crippen molar-refractivity contribution in [1.29, 1.82) is 0 Å². The summed E-state index contributed by atoms with van der Waals surface area (Å²) in [6, 6.07) is 16.8. The van der Waals surface area contributed by atoms with Crippen LogP contribution in [-0.2, 0) is 45.6 Å². The lowest BCUT2D eigenvalue weighted by Crippen LogP contribution is -2.37. The van der Waals surface area contributed by atoms with E-state index >= 15 is 4.39 Å². The van der Waals surface area contributed by atoms with Crippen molar-refractivity contribution in [3.05, 3.63) is 95.4 Å². The first-order chi connectivity index (χ1) is 31.5. The Balaban J connectivity index is 1.16. The molecule has 0 saturated carbocycles. The Morgan fingerprint density at radius 3 is 2.09 bits per heavy atom. The van der Waals surface area contributed by atoms with Crippen LogP contribution < -0.4 is 19.1 Å². The SMILES string of the molecule is Cc1cc(NS(=O)(=O)c2cc(NS(=O)(=O)c3ccc(N=Nc4c(C(C)(C)C)[nH]n5nc(-c6ccc(NS(C)(=O)=O)cc6)nc45)c(F)c3)ccc2N2CCOCC2)c(O)cc1C(C)(C)CC(C)(C)C. The third-order valence-corrected chi connectivity index (χ3v) is 14.5. The van der Waals surface area contributed by atoms with E-state index in [0.717, 1.165) is 42.0 Å². The molecule has 1 aliphatic heterocycles. The monoisotopic (exact) mass is 992 g/mol. The van der Waals surface area contributed by atoms with E-state index in [1.807, 2.05) is 32.6 Å². The summed E-state index contributed by atoms with van der Waals surface area (Å²) >= 11 is 0. The van der Waals surface area contributed by atoms with Crippen LogP contribution in [0.5, 0.6) is 5.75 Å². The Kier molecular flexibility index (Phi) is 13.2. The number of H-pyrrole nitrogens is 1. The lowest BCUT2D eigenvalue weighted by molar-refractivity contribution is 0.122. The van der Waals surface area contributed by atoms with Gasteiger partial charge in [0.2, 0.25) is 15.7 Å². The Bertz CT molecular complexity index is 3260. The van der Waals surface area contributed by atoms with E-state index in [1.54, 1.807) is 36.4 Å². The maximum atomic E-state index is 15.8. The highest BCUT2D eigenvalue weighted by Crippen LogP contribution is 2.42. The zero-order valence-electron chi connectivity index (χ0n) is 39.6. The number of morpholine rings is 1. The molecule has 1 aliphatic rings. The Morgan fingerprint density at radius 2 is 1.47 bits per heavy atom. The number of aromatic nitrogens is 4. The Hall–Kier alpha value is -6.10. The molecule has 22 heteroatoms. The summed E-state index contributed by atoms with van der Waals surface area (Å²) in [6.45, 7) is 19.6. The molecule has 0 unspecified atom stereocenters. The fourth-order valence-corrected chi connectivity index (χ4v) is 11.4. The van der Waals surface area contributed by atoms with Crippen molar-refractivity contribution in [2.24, 2.45) is 15.6 Å². The molecule has 0 amide bonds. The number of benzene rings is 4. The molecule has 6 aromatic rings. The second-order valence-electron chi connectivity index (χ2n) is 19.8. The lowest BCUT2D eigenvalue weighted by Gasteiger charge is -2.34. The van der Waals surface area contributed by atoms with Crippen molar-refractivity contribution in [2.75, 3.05) is 51.6 Å². The van der Waals surface area contributed by atoms with Gasteiger partial charge in [-0.2, -0.15) is 4.63 Å². The van der Waals surface area contributed by atoms with Gasteiger partial charge < -0.3 is 14.7 Å². The summed E-state index contributed by atoms with van der Waals surface area (Å²) in [5, 5.41) is 27.4. The number of rotatable bonds is 14. The minimum atomic E-state index is -4.52. The van der Waals surface area contributed by atoms with Gasteiger partial charge in [0.25, 0.3) is 20.0 Å². The zero-order valence-corrected chi connectivity index (χ0v) is 42.0. The first-order valence-corrected chi connectivity index (χ1v) is 26.5. The topological polar surface area (TPSA) is 242 Å². The van der Waals surface area contributed by atoms with E-state index in [1.165, 1.54) is 22.8 Å². The molecule has 3 heterocycles. The average Bonchev–Trinajstić information content (AvgIpc) is 3.80. The standard InChI is InChI=1S/C46H57FN10O8S3/c1-28-23-36(38(58)26-33(28)46(8,9)27-44(2,3)4)55-68(63,64)39-24-31(15-18-37(39)56-19-21-65-22-20-56)54-67(61,62)32-16-17-35(34(47)25-32)49-50-40-41(45(5,6)7)51-57-43(40)48-42(52-57)29-11-13-30(14-12-29)53-66(10,59)60/h11-18,23-26,51,53-55,58H,19-22,27H2,1-10H3. The summed E-state index contributed by atoms with van der Waals surface area (Å²) in [4.78, 5) is 5.71. The third kappa shape index (κ3) is 11.3. The number of halogens is 1. The molecule has 18 nitrogen and oxygen atoms in total. The van der Waals surface area contributed by atoms with Crippen LogP contribution in [0.25, 0.3) is 17.0 Å². The van der Waals surface area contributed by atoms with Crippen LogP contribution in [0.4, 0.5) is 38.5 Å². The number of azo groups is 1. The highest BCUT2D eigenvalue weighted by atomic mass is 32.2. The predicted octanol–water partition coefficient (Wildman–Crippen LogP) is 9.11. The van der Waals surface area contributed by atoms with Gasteiger partial charge in [-0.15, -0.1) is 15.3 Å². The predicted molar refractivity (Wildman–Crippen MR) is 262 cm³/mol. The maximum absolute atomic E-state index is 15.8. The molecule has 2 aromatic heterocycles. The van der Waals surface area contributed by atoms with Gasteiger partial charge in [-0.1, -0.05) is 55.4 Å². The smallest absolute Gasteiger partial charge is 0.264 e. The third-order valence-electron chi connectivity index (χ3n) is 11.1. The van der Waals surface area contributed by atoms with Crippen LogP contribution in [0.15, 0.2) is 92.8 Å². The van der Waals surface area contributed by atoms with Crippen molar-refractivity contribution >= 4 is 69.8 Å². The largest absolute Gasteiger partial charge is 0.506 e. The minimum absolute atomic E-state index is 0.0143. The average molecular weight is 993 g/mol. The van der Waals surface area contributed by atoms with E-state index in [2.05, 4.69) is 74.2 Å². The Labute approximate surface area is 396 Å². The molecule has 0 bridgehead atoms. The number of fused-ring (bicyclic) bond motifs is 1. The van der Waals surface area contributed by atoms with Crippen LogP contribution in [0, 0.1) is 18.2 Å². The van der Waals surface area contributed by atoms with Gasteiger partial charge >= 0.3 is 0 Å². The van der Waals surface area contributed by atoms with E-state index in [9.17, 15) is 30.4 Å². The molecular formula is C46H57FN10O8S3. The lowest BCUT2D eigenvalue weighted by atomic mass is 9.71. The quantitative estimate of drug-likeness (QED) is 0.0509. The molecule has 0 radical (unpaired) electrons. The van der Waals surface area contributed by atoms with Gasteiger partial charge in [-0.3, -0.25) is 19.3 Å². The number of nitrogens with zero attached hydrogens (tertiary/aromatic N) is 6. The van der Waals surface area contributed by atoms with E-state index < -0.39 is 46.2 Å². The molecule has 1 fully saturated rings. The summed E-state index contributed by atoms with van der Waals surface area (Å²) in [5.74, 6) is -0.983. The summed E-state index contributed by atoms with van der Waals surface area (Å²) in [6.07, 6.45) is 1.85. The Morgan fingerprint density at radius 1 is 0.809 bits per heavy atom. The highest BCUT2D eigenvalue weighted by molar-refractivity contribution is 7.93. The van der Waals surface area contributed by atoms with E-state index in [0.29, 0.717) is 54.8 Å². The number of aryl methyl sites for hydroxylation is 1. The van der Waals surface area contributed by atoms with Gasteiger partial charge in [0.15, 0.2) is 17.3 Å². The molecule has 364 valence electrons. The zero-order chi connectivity index (χ0) is 49.8. The fraction of sp³-hybridized carbons (Fsp3) is 0.391. The molecule has 0 atom stereocenters. The van der Waals surface area contributed by atoms with Crippen molar-refractivity contribution in [3.8, 4) is 17.1 Å². The van der Waals surface area contributed by atoms with Gasteiger partial charge in [-0.05, 0) is 108 Å². The number of phenolic OH excluding ortho intramolecular Hbond substituents is 1. The van der Waals surface area contributed by atoms with Crippen molar-refractivity contribution < 1.29 is 39.5 Å². The van der Waals surface area contributed by atoms with Crippen LogP contribution in [0.1, 0.15) is 78.6 Å². The minimum Gasteiger partial charge on any atom is -0.506 e. The second kappa shape index (κ2) is 18.1. The van der Waals surface area contributed by atoms with Gasteiger partial charge in [0.1, 0.15) is 16.3 Å². The summed E-state index contributed by atoms with van der Waals surface area (Å²) in [7, 11) is -12.5. The molecule has 4 aromatic carbocycles. The first kappa shape index (κ1) is 49.8. The van der Waals surface area contributed by atoms with Gasteiger partial charge in [-0.25, -0.2) is 34.6 Å². The molecule has 68 heavy (non-hydrogen) atoms. The maximum Gasteiger partial charge on any atom is 0.264 e. The number of phenols is 1.